The normalized spacial score (nSPS) is 21.0. The highest BCUT2D eigenvalue weighted by molar-refractivity contribution is 5.46. The van der Waals surface area contributed by atoms with Gasteiger partial charge in [0.15, 0.2) is 0 Å². The van der Waals surface area contributed by atoms with Crippen LogP contribution in [0.4, 0.5) is 5.69 Å². The van der Waals surface area contributed by atoms with Gasteiger partial charge in [-0.05, 0) is 75.0 Å². The Bertz CT molecular complexity index is 768. The Hall–Kier alpha value is -2.04. The van der Waals surface area contributed by atoms with Gasteiger partial charge >= 0.3 is 0 Å². The minimum Gasteiger partial charge on any atom is -0.497 e. The zero-order valence-corrected chi connectivity index (χ0v) is 18.6. The molecule has 3 rings (SSSR count). The van der Waals surface area contributed by atoms with E-state index in [9.17, 15) is 0 Å². The second-order valence-corrected chi connectivity index (χ2v) is 9.03. The van der Waals surface area contributed by atoms with Crippen LogP contribution in [-0.2, 0) is 16.7 Å². The largest absolute Gasteiger partial charge is 0.497 e. The van der Waals surface area contributed by atoms with Crippen molar-refractivity contribution in [1.82, 2.24) is 5.32 Å². The molecule has 1 saturated heterocycles. The van der Waals surface area contributed by atoms with Crippen molar-refractivity contribution in [3.8, 4) is 5.75 Å². The van der Waals surface area contributed by atoms with Crippen molar-refractivity contribution in [3.63, 3.8) is 0 Å². The summed E-state index contributed by atoms with van der Waals surface area (Å²) >= 11 is 0. The molecule has 1 aliphatic heterocycles. The predicted octanol–water partition coefficient (Wildman–Crippen LogP) is 4.77. The number of rotatable bonds is 8. The van der Waals surface area contributed by atoms with Gasteiger partial charge in [-0.25, -0.2) is 0 Å². The van der Waals surface area contributed by atoms with Crippen LogP contribution in [0.1, 0.15) is 44.2 Å². The molecule has 1 aliphatic rings. The molecule has 0 radical (unpaired) electrons. The van der Waals surface area contributed by atoms with Gasteiger partial charge in [-0.15, -0.1) is 0 Å². The van der Waals surface area contributed by atoms with Gasteiger partial charge in [-0.2, -0.15) is 0 Å². The molecule has 0 aromatic heterocycles. The average Bonchev–Trinajstić information content (AvgIpc) is 2.71. The number of nitrogens with one attached hydrogen (secondary N) is 1. The smallest absolute Gasteiger partial charge is 0.118 e. The second kappa shape index (κ2) is 9.19. The molecule has 1 atom stereocenters. The Morgan fingerprint density at radius 1 is 1.03 bits per heavy atom. The number of hydrogen-bond acceptors (Lipinski definition) is 4. The van der Waals surface area contributed by atoms with Crippen LogP contribution in [0.3, 0.4) is 0 Å². The van der Waals surface area contributed by atoms with Crippen LogP contribution < -0.4 is 15.0 Å². The fourth-order valence-electron chi connectivity index (χ4n) is 4.50. The van der Waals surface area contributed by atoms with Crippen LogP contribution in [0.15, 0.2) is 48.5 Å². The van der Waals surface area contributed by atoms with Gasteiger partial charge < -0.3 is 19.7 Å². The van der Waals surface area contributed by atoms with Crippen molar-refractivity contribution in [2.24, 2.45) is 0 Å². The Balaban J connectivity index is 1.65. The fraction of sp³-hybridized carbons (Fsp3) is 0.520. The quantitative estimate of drug-likeness (QED) is 0.652. The Labute approximate surface area is 176 Å². The molecule has 4 heteroatoms. The maximum Gasteiger partial charge on any atom is 0.118 e. The number of nitrogens with zero attached hydrogens (tertiary/aromatic N) is 1. The summed E-state index contributed by atoms with van der Waals surface area (Å²) in [6.07, 6.45) is 3.19. The second-order valence-electron chi connectivity index (χ2n) is 9.03. The Kier molecular flexibility index (Phi) is 6.86. The molecule has 0 aliphatic carbocycles. The molecule has 4 nitrogen and oxygen atoms in total. The average molecular weight is 397 g/mol. The van der Waals surface area contributed by atoms with E-state index in [1.54, 1.807) is 7.11 Å². The predicted molar refractivity (Wildman–Crippen MR) is 121 cm³/mol. The molecule has 1 N–H and O–H groups in total. The molecule has 2 aromatic carbocycles. The van der Waals surface area contributed by atoms with Gasteiger partial charge in [0.25, 0.3) is 0 Å². The fourth-order valence-corrected chi connectivity index (χ4v) is 4.50. The van der Waals surface area contributed by atoms with E-state index in [1.165, 1.54) is 16.8 Å². The SMILES string of the molecule is COc1ccc(C2(CCNCc3ccc(N(C)C)cc3)CCOC(C)(C)C2)cc1. The van der Waals surface area contributed by atoms with Crippen LogP contribution in [-0.4, -0.2) is 40.0 Å². The van der Waals surface area contributed by atoms with E-state index in [2.05, 4.69) is 86.7 Å². The van der Waals surface area contributed by atoms with Crippen molar-refractivity contribution in [3.05, 3.63) is 59.7 Å². The number of hydrogen-bond donors (Lipinski definition) is 1. The first-order valence-electron chi connectivity index (χ1n) is 10.6. The third-order valence-corrected chi connectivity index (χ3v) is 6.10. The summed E-state index contributed by atoms with van der Waals surface area (Å²) in [6, 6.07) is 17.4. The monoisotopic (exact) mass is 396 g/mol. The molecule has 29 heavy (non-hydrogen) atoms. The standard InChI is InChI=1S/C25H36N2O2/c1-24(2)19-25(15-17-29-24,21-8-12-23(28-5)13-9-21)14-16-26-18-20-6-10-22(11-7-20)27(3)4/h6-13,26H,14-19H2,1-5H3. The van der Waals surface area contributed by atoms with Crippen molar-refractivity contribution in [2.45, 2.75) is 50.7 Å². The van der Waals surface area contributed by atoms with Gasteiger partial charge in [-0.1, -0.05) is 24.3 Å². The van der Waals surface area contributed by atoms with Gasteiger partial charge in [0.2, 0.25) is 0 Å². The Morgan fingerprint density at radius 3 is 2.31 bits per heavy atom. The first kappa shape index (κ1) is 21.7. The van der Waals surface area contributed by atoms with Crippen molar-refractivity contribution in [2.75, 3.05) is 39.3 Å². The zero-order valence-electron chi connectivity index (χ0n) is 18.6. The van der Waals surface area contributed by atoms with E-state index in [1.807, 2.05) is 0 Å². The highest BCUT2D eigenvalue weighted by Gasteiger charge is 2.41. The topological polar surface area (TPSA) is 33.7 Å². The molecule has 1 fully saturated rings. The van der Waals surface area contributed by atoms with Crippen molar-refractivity contribution in [1.29, 1.82) is 0 Å². The van der Waals surface area contributed by atoms with E-state index in [0.717, 1.165) is 44.7 Å². The van der Waals surface area contributed by atoms with Crippen LogP contribution in [0, 0.1) is 0 Å². The first-order valence-corrected chi connectivity index (χ1v) is 10.6. The van der Waals surface area contributed by atoms with Gasteiger partial charge in [-0.3, -0.25) is 0 Å². The van der Waals surface area contributed by atoms with E-state index >= 15 is 0 Å². The number of benzene rings is 2. The number of anilines is 1. The summed E-state index contributed by atoms with van der Waals surface area (Å²) in [5.41, 5.74) is 3.99. The third kappa shape index (κ3) is 5.52. The maximum atomic E-state index is 6.04. The zero-order chi connectivity index (χ0) is 20.9. The highest BCUT2D eigenvalue weighted by atomic mass is 16.5. The van der Waals surface area contributed by atoms with Crippen LogP contribution in [0.25, 0.3) is 0 Å². The van der Waals surface area contributed by atoms with Crippen LogP contribution in [0.5, 0.6) is 5.75 Å². The van der Waals surface area contributed by atoms with Crippen molar-refractivity contribution < 1.29 is 9.47 Å². The summed E-state index contributed by atoms with van der Waals surface area (Å²) in [5.74, 6) is 0.912. The van der Waals surface area contributed by atoms with Crippen LogP contribution >= 0.6 is 0 Å². The molecule has 158 valence electrons. The van der Waals surface area contributed by atoms with Crippen LogP contribution in [0.2, 0.25) is 0 Å². The van der Waals surface area contributed by atoms with E-state index in [-0.39, 0.29) is 11.0 Å². The van der Waals surface area contributed by atoms with Gasteiger partial charge in [0.05, 0.1) is 12.7 Å². The summed E-state index contributed by atoms with van der Waals surface area (Å²) in [4.78, 5) is 2.13. The number of methoxy groups -OCH3 is 1. The summed E-state index contributed by atoms with van der Waals surface area (Å²) in [5, 5.41) is 3.66. The molecule has 2 aromatic rings. The van der Waals surface area contributed by atoms with Crippen molar-refractivity contribution >= 4 is 5.69 Å². The third-order valence-electron chi connectivity index (χ3n) is 6.10. The lowest BCUT2D eigenvalue weighted by molar-refractivity contribution is -0.0840. The van der Waals surface area contributed by atoms with Gasteiger partial charge in [0.1, 0.15) is 5.75 Å². The molecule has 0 amide bonds. The maximum absolute atomic E-state index is 6.04. The summed E-state index contributed by atoms with van der Waals surface area (Å²) < 4.78 is 11.4. The lowest BCUT2D eigenvalue weighted by Gasteiger charge is -2.45. The minimum absolute atomic E-state index is 0.0970. The number of ether oxygens (including phenoxy) is 2. The molecular formula is C25H36N2O2. The molecule has 0 bridgehead atoms. The highest BCUT2D eigenvalue weighted by Crippen LogP contribution is 2.44. The lowest BCUT2D eigenvalue weighted by atomic mass is 9.67. The lowest BCUT2D eigenvalue weighted by Crippen LogP contribution is -2.45. The van der Waals surface area contributed by atoms with E-state index < -0.39 is 0 Å². The molecular weight excluding hydrogens is 360 g/mol. The molecule has 1 heterocycles. The summed E-state index contributed by atoms with van der Waals surface area (Å²) in [7, 11) is 5.86. The van der Waals surface area contributed by atoms with E-state index in [0.29, 0.717) is 0 Å². The molecule has 1 unspecified atom stereocenters. The Morgan fingerprint density at radius 2 is 1.72 bits per heavy atom. The molecule has 0 spiro atoms. The van der Waals surface area contributed by atoms with Gasteiger partial charge in [0, 0.05) is 38.3 Å². The first-order chi connectivity index (χ1) is 13.8. The summed E-state index contributed by atoms with van der Waals surface area (Å²) in [6.45, 7) is 7.11. The van der Waals surface area contributed by atoms with E-state index in [4.69, 9.17) is 9.47 Å². The molecule has 0 saturated carbocycles. The minimum atomic E-state index is -0.0970.